The highest BCUT2D eigenvalue weighted by molar-refractivity contribution is 7.13. The number of rotatable bonds is 5. The predicted octanol–water partition coefficient (Wildman–Crippen LogP) is 4.23. The molecule has 0 fully saturated rings. The number of hydrogen-bond acceptors (Lipinski definition) is 3. The summed E-state index contributed by atoms with van der Waals surface area (Å²) < 4.78 is 0. The molecule has 0 aliphatic carbocycles. The van der Waals surface area contributed by atoms with Crippen LogP contribution >= 0.6 is 22.9 Å². The third kappa shape index (κ3) is 2.59. The number of benzene rings is 1. The zero-order valence-electron chi connectivity index (χ0n) is 11.0. The molecule has 20 heavy (non-hydrogen) atoms. The summed E-state index contributed by atoms with van der Waals surface area (Å²) in [5.41, 5.74) is 9.13. The number of fused-ring (bicyclic) bond motifs is 1. The van der Waals surface area contributed by atoms with Gasteiger partial charge in [0.25, 0.3) is 0 Å². The maximum Gasteiger partial charge on any atom is 0.139 e. The summed E-state index contributed by atoms with van der Waals surface area (Å²) in [6.07, 6.45) is 4.94. The van der Waals surface area contributed by atoms with Gasteiger partial charge in [-0.25, -0.2) is 4.98 Å². The maximum atomic E-state index is 6.14. The van der Waals surface area contributed by atoms with Gasteiger partial charge in [0.2, 0.25) is 0 Å². The number of unbranched alkanes of at least 4 members (excludes halogenated alkanes) is 1. The van der Waals surface area contributed by atoms with Gasteiger partial charge < -0.3 is 10.7 Å². The first-order chi connectivity index (χ1) is 9.79. The van der Waals surface area contributed by atoms with Crippen molar-refractivity contribution in [2.24, 2.45) is 5.73 Å². The van der Waals surface area contributed by atoms with Crippen molar-refractivity contribution in [3.63, 3.8) is 0 Å². The molecule has 3 aromatic rings. The van der Waals surface area contributed by atoms with Crippen molar-refractivity contribution in [3.05, 3.63) is 40.4 Å². The third-order valence-electron chi connectivity index (χ3n) is 3.40. The van der Waals surface area contributed by atoms with Crippen molar-refractivity contribution < 1.29 is 0 Å². The van der Waals surface area contributed by atoms with Crippen LogP contribution in [0.1, 0.15) is 18.4 Å². The van der Waals surface area contributed by atoms with Crippen LogP contribution in [0.3, 0.4) is 0 Å². The van der Waals surface area contributed by atoms with E-state index in [0.717, 1.165) is 47.0 Å². The highest BCUT2D eigenvalue weighted by Gasteiger charge is 2.14. The van der Waals surface area contributed by atoms with Gasteiger partial charge in [0, 0.05) is 27.5 Å². The monoisotopic (exact) mass is 305 g/mol. The summed E-state index contributed by atoms with van der Waals surface area (Å²) in [5, 5.41) is 4.99. The Hall–Kier alpha value is -1.36. The van der Waals surface area contributed by atoms with E-state index in [9.17, 15) is 0 Å². The van der Waals surface area contributed by atoms with Gasteiger partial charge in [0.05, 0.1) is 5.69 Å². The van der Waals surface area contributed by atoms with Crippen molar-refractivity contribution in [1.82, 2.24) is 9.97 Å². The van der Waals surface area contributed by atoms with Crippen LogP contribution in [0, 0.1) is 0 Å². The van der Waals surface area contributed by atoms with Crippen LogP contribution in [-0.4, -0.2) is 16.5 Å². The zero-order chi connectivity index (χ0) is 13.9. The molecule has 0 saturated heterocycles. The minimum atomic E-state index is 0.732. The summed E-state index contributed by atoms with van der Waals surface area (Å²) in [4.78, 5) is 7.90. The van der Waals surface area contributed by atoms with Crippen LogP contribution in [0.5, 0.6) is 0 Å². The minimum absolute atomic E-state index is 0.732. The number of aromatic amines is 1. The van der Waals surface area contributed by atoms with Crippen molar-refractivity contribution in [2.45, 2.75) is 19.3 Å². The first kappa shape index (κ1) is 13.6. The van der Waals surface area contributed by atoms with Crippen molar-refractivity contribution in [2.75, 3.05) is 6.54 Å². The standard InChI is InChI=1S/C15H16ClN3S/c16-10-4-5-13-12(9-10)11(3-1-2-6-17)14(19-13)15-18-7-8-20-15/h4-5,7-9,19H,1-3,6,17H2. The molecule has 104 valence electrons. The lowest BCUT2D eigenvalue weighted by Gasteiger charge is -2.02. The van der Waals surface area contributed by atoms with Crippen LogP contribution < -0.4 is 5.73 Å². The van der Waals surface area contributed by atoms with E-state index < -0.39 is 0 Å². The molecule has 2 aromatic heterocycles. The van der Waals surface area contributed by atoms with E-state index in [0.29, 0.717) is 0 Å². The average Bonchev–Trinajstić information content (AvgIpc) is 3.07. The minimum Gasteiger partial charge on any atom is -0.352 e. The number of nitrogens with zero attached hydrogens (tertiary/aromatic N) is 1. The molecule has 3 nitrogen and oxygen atoms in total. The van der Waals surface area contributed by atoms with E-state index in [1.54, 1.807) is 11.3 Å². The Kier molecular flexibility index (Phi) is 4.05. The predicted molar refractivity (Wildman–Crippen MR) is 86.4 cm³/mol. The second kappa shape index (κ2) is 5.95. The molecular weight excluding hydrogens is 290 g/mol. The topological polar surface area (TPSA) is 54.7 Å². The largest absolute Gasteiger partial charge is 0.352 e. The fourth-order valence-electron chi connectivity index (χ4n) is 2.46. The smallest absolute Gasteiger partial charge is 0.139 e. The molecule has 0 unspecified atom stereocenters. The molecule has 0 aliphatic heterocycles. The van der Waals surface area contributed by atoms with Crippen molar-refractivity contribution >= 4 is 33.8 Å². The van der Waals surface area contributed by atoms with Crippen molar-refractivity contribution in [1.29, 1.82) is 0 Å². The Morgan fingerprint density at radius 3 is 2.95 bits per heavy atom. The number of nitrogens with one attached hydrogen (secondary N) is 1. The quantitative estimate of drug-likeness (QED) is 0.693. The van der Waals surface area contributed by atoms with Crippen LogP contribution in [-0.2, 0) is 6.42 Å². The second-order valence-corrected chi connectivity index (χ2v) is 6.08. The lowest BCUT2D eigenvalue weighted by molar-refractivity contribution is 0.748. The van der Waals surface area contributed by atoms with Gasteiger partial charge >= 0.3 is 0 Å². The molecule has 1 aromatic carbocycles. The first-order valence-corrected chi connectivity index (χ1v) is 7.95. The number of H-pyrrole nitrogens is 1. The van der Waals surface area contributed by atoms with E-state index in [4.69, 9.17) is 17.3 Å². The van der Waals surface area contributed by atoms with Gasteiger partial charge in [-0.3, -0.25) is 0 Å². The summed E-state index contributed by atoms with van der Waals surface area (Å²) >= 11 is 7.79. The van der Waals surface area contributed by atoms with E-state index in [-0.39, 0.29) is 0 Å². The van der Waals surface area contributed by atoms with Gasteiger partial charge in [-0.15, -0.1) is 11.3 Å². The summed E-state index contributed by atoms with van der Waals surface area (Å²) in [7, 11) is 0. The number of aryl methyl sites for hydroxylation is 1. The Morgan fingerprint density at radius 2 is 2.20 bits per heavy atom. The van der Waals surface area contributed by atoms with Gasteiger partial charge in [0.1, 0.15) is 5.01 Å². The zero-order valence-corrected chi connectivity index (χ0v) is 12.6. The highest BCUT2D eigenvalue weighted by Crippen LogP contribution is 2.33. The summed E-state index contributed by atoms with van der Waals surface area (Å²) in [5.74, 6) is 0. The Morgan fingerprint density at radius 1 is 1.30 bits per heavy atom. The molecule has 0 amide bonds. The lowest BCUT2D eigenvalue weighted by Crippen LogP contribution is -1.99. The SMILES string of the molecule is NCCCCc1c(-c2nccs2)[nH]c2ccc(Cl)cc12. The maximum absolute atomic E-state index is 6.14. The Balaban J connectivity index is 2.10. The molecule has 3 rings (SSSR count). The van der Waals surface area contributed by atoms with Crippen LogP contribution in [0.2, 0.25) is 5.02 Å². The van der Waals surface area contributed by atoms with Gasteiger partial charge in [-0.1, -0.05) is 11.6 Å². The molecule has 0 bridgehead atoms. The molecule has 2 heterocycles. The third-order valence-corrected chi connectivity index (χ3v) is 4.42. The van der Waals surface area contributed by atoms with Crippen LogP contribution in [0.25, 0.3) is 21.6 Å². The summed E-state index contributed by atoms with van der Waals surface area (Å²) in [6, 6.07) is 5.97. The van der Waals surface area contributed by atoms with Gasteiger partial charge in [-0.05, 0) is 49.6 Å². The molecule has 0 spiro atoms. The highest BCUT2D eigenvalue weighted by atomic mass is 35.5. The molecule has 3 N–H and O–H groups in total. The Labute approximate surface area is 126 Å². The van der Waals surface area contributed by atoms with Crippen LogP contribution in [0.4, 0.5) is 0 Å². The summed E-state index contributed by atoms with van der Waals surface area (Å²) in [6.45, 7) is 0.732. The number of aromatic nitrogens is 2. The molecule has 5 heteroatoms. The molecular formula is C15H16ClN3S. The van der Waals surface area contributed by atoms with Crippen LogP contribution in [0.15, 0.2) is 29.8 Å². The second-order valence-electron chi connectivity index (χ2n) is 4.75. The van der Waals surface area contributed by atoms with Crippen molar-refractivity contribution in [3.8, 4) is 10.7 Å². The number of hydrogen-bond donors (Lipinski definition) is 2. The van der Waals surface area contributed by atoms with Gasteiger partial charge in [-0.2, -0.15) is 0 Å². The first-order valence-electron chi connectivity index (χ1n) is 6.69. The Bertz CT molecular complexity index is 703. The molecule has 0 saturated carbocycles. The van der Waals surface area contributed by atoms with E-state index >= 15 is 0 Å². The number of thiazole rings is 1. The molecule has 0 radical (unpaired) electrons. The number of halogens is 1. The van der Waals surface area contributed by atoms with E-state index in [2.05, 4.69) is 9.97 Å². The fraction of sp³-hybridized carbons (Fsp3) is 0.267. The molecule has 0 atom stereocenters. The van der Waals surface area contributed by atoms with Gasteiger partial charge in [0.15, 0.2) is 0 Å². The van der Waals surface area contributed by atoms with E-state index in [1.165, 1.54) is 10.9 Å². The average molecular weight is 306 g/mol. The normalized spacial score (nSPS) is 11.3. The number of nitrogens with two attached hydrogens (primary N) is 1. The molecule has 0 aliphatic rings. The fourth-order valence-corrected chi connectivity index (χ4v) is 3.29. The van der Waals surface area contributed by atoms with E-state index in [1.807, 2.05) is 29.8 Å². The lowest BCUT2D eigenvalue weighted by atomic mass is 10.0.